The molecule has 2 aliphatic heterocycles. The molecule has 6 nitrogen and oxygen atoms in total. The van der Waals surface area contributed by atoms with Crippen molar-refractivity contribution >= 4 is 33.0 Å². The zero-order valence-corrected chi connectivity index (χ0v) is 19.9. The summed E-state index contributed by atoms with van der Waals surface area (Å²) in [5, 5.41) is 5.11. The molecule has 1 fully saturated rings. The predicted octanol–water partition coefficient (Wildman–Crippen LogP) is 4.07. The number of amides is 1. The molecule has 1 atom stereocenters. The second kappa shape index (κ2) is 9.29. The van der Waals surface area contributed by atoms with Gasteiger partial charge in [0.25, 0.3) is 15.9 Å². The molecular weight excluding hydrogens is 454 g/mol. The van der Waals surface area contributed by atoms with Crippen LogP contribution >= 0.6 is 11.3 Å². The number of anilines is 1. The van der Waals surface area contributed by atoms with Crippen molar-refractivity contribution in [3.63, 3.8) is 0 Å². The third-order valence-corrected chi connectivity index (χ3v) is 9.22. The van der Waals surface area contributed by atoms with Gasteiger partial charge in [-0.15, -0.1) is 11.3 Å². The molecule has 1 unspecified atom stereocenters. The van der Waals surface area contributed by atoms with Gasteiger partial charge in [-0.1, -0.05) is 30.3 Å². The van der Waals surface area contributed by atoms with Crippen LogP contribution in [0.5, 0.6) is 0 Å². The number of nitrogens with zero attached hydrogens (tertiary/aromatic N) is 2. The number of thiophene rings is 1. The summed E-state index contributed by atoms with van der Waals surface area (Å²) in [7, 11) is -3.74. The number of likely N-dealkylation sites (tertiary alicyclic amines) is 1. The van der Waals surface area contributed by atoms with E-state index in [2.05, 4.69) is 21.7 Å². The Morgan fingerprint density at radius 1 is 1.00 bits per heavy atom. The van der Waals surface area contributed by atoms with Crippen LogP contribution in [-0.4, -0.2) is 45.4 Å². The van der Waals surface area contributed by atoms with E-state index in [1.807, 2.05) is 30.3 Å². The van der Waals surface area contributed by atoms with Crippen LogP contribution in [0.4, 0.5) is 5.69 Å². The number of hydrogen-bond donors (Lipinski definition) is 1. The lowest BCUT2D eigenvalue weighted by Crippen LogP contribution is -2.36. The van der Waals surface area contributed by atoms with Crippen LogP contribution in [0.25, 0.3) is 0 Å². The standard InChI is InChI=1S/C25H27N3O3S2/c29-25(26-18-23(24-11-6-16-32-24)27-13-3-4-14-27)20-8-5-9-21(17-20)33(30,31)28-15-12-19-7-1-2-10-22(19)28/h1-2,5-11,16-17,23H,3-4,12-15,18H2,(H,26,29). The summed E-state index contributed by atoms with van der Waals surface area (Å²) in [5.74, 6) is -0.255. The summed E-state index contributed by atoms with van der Waals surface area (Å²) in [5.41, 5.74) is 2.10. The van der Waals surface area contributed by atoms with Gasteiger partial charge < -0.3 is 5.32 Å². The molecule has 172 valence electrons. The van der Waals surface area contributed by atoms with Crippen LogP contribution in [0.15, 0.2) is 70.9 Å². The maximum absolute atomic E-state index is 13.4. The highest BCUT2D eigenvalue weighted by Gasteiger charge is 2.31. The molecule has 0 bridgehead atoms. The third-order valence-electron chi connectivity index (χ3n) is 6.44. The Kier molecular flexibility index (Phi) is 6.23. The maximum atomic E-state index is 13.4. The van der Waals surface area contributed by atoms with Gasteiger partial charge in [0, 0.05) is 23.5 Å². The SMILES string of the molecule is O=C(NCC(c1cccs1)N1CCCC1)c1cccc(S(=O)(=O)N2CCc3ccccc32)c1. The Bertz CT molecular complexity index is 1240. The van der Waals surface area contributed by atoms with E-state index in [9.17, 15) is 13.2 Å². The molecule has 0 saturated carbocycles. The van der Waals surface area contributed by atoms with Gasteiger partial charge in [-0.25, -0.2) is 8.42 Å². The summed E-state index contributed by atoms with van der Waals surface area (Å²) >= 11 is 1.70. The fourth-order valence-corrected chi connectivity index (χ4v) is 7.13. The molecule has 0 aliphatic carbocycles. The van der Waals surface area contributed by atoms with Crippen LogP contribution in [0.3, 0.4) is 0 Å². The molecule has 1 aromatic heterocycles. The van der Waals surface area contributed by atoms with Gasteiger partial charge in [0.1, 0.15) is 0 Å². The Hall–Kier alpha value is -2.68. The normalized spacial score (nSPS) is 17.2. The van der Waals surface area contributed by atoms with Crippen LogP contribution in [-0.2, 0) is 16.4 Å². The fraction of sp³-hybridized carbons (Fsp3) is 0.320. The lowest BCUT2D eigenvalue weighted by molar-refractivity contribution is 0.0938. The molecule has 2 aromatic carbocycles. The smallest absolute Gasteiger partial charge is 0.264 e. The Morgan fingerprint density at radius 3 is 2.61 bits per heavy atom. The van der Waals surface area contributed by atoms with E-state index < -0.39 is 10.0 Å². The average Bonchev–Trinajstić information content (AvgIpc) is 3.61. The summed E-state index contributed by atoms with van der Waals surface area (Å²) < 4.78 is 28.2. The van der Waals surface area contributed by atoms with Crippen LogP contribution in [0.2, 0.25) is 0 Å². The molecule has 33 heavy (non-hydrogen) atoms. The van der Waals surface area contributed by atoms with Crippen LogP contribution < -0.4 is 9.62 Å². The fourth-order valence-electron chi connectivity index (χ4n) is 4.72. The predicted molar refractivity (Wildman–Crippen MR) is 131 cm³/mol. The number of para-hydroxylation sites is 1. The largest absolute Gasteiger partial charge is 0.350 e. The number of carbonyl (C=O) groups is 1. The minimum atomic E-state index is -3.74. The van der Waals surface area contributed by atoms with Gasteiger partial charge in [-0.2, -0.15) is 0 Å². The van der Waals surface area contributed by atoms with Crippen molar-refractivity contribution in [2.75, 3.05) is 30.5 Å². The first-order valence-electron chi connectivity index (χ1n) is 11.3. The zero-order chi connectivity index (χ0) is 22.8. The first-order chi connectivity index (χ1) is 16.0. The number of carbonyl (C=O) groups excluding carboxylic acids is 1. The van der Waals surface area contributed by atoms with E-state index in [1.54, 1.807) is 29.5 Å². The van der Waals surface area contributed by atoms with Crippen molar-refractivity contribution in [2.24, 2.45) is 0 Å². The van der Waals surface area contributed by atoms with E-state index in [4.69, 9.17) is 0 Å². The number of benzene rings is 2. The quantitative estimate of drug-likeness (QED) is 0.552. The van der Waals surface area contributed by atoms with Crippen molar-refractivity contribution in [2.45, 2.75) is 30.2 Å². The monoisotopic (exact) mass is 481 g/mol. The summed E-state index contributed by atoms with van der Waals surface area (Å²) in [6, 6.07) is 18.2. The van der Waals surface area contributed by atoms with Gasteiger partial charge >= 0.3 is 0 Å². The van der Waals surface area contributed by atoms with Gasteiger partial charge in [0.15, 0.2) is 0 Å². The second-order valence-electron chi connectivity index (χ2n) is 8.47. The van der Waals surface area contributed by atoms with E-state index in [1.165, 1.54) is 28.1 Å². The maximum Gasteiger partial charge on any atom is 0.264 e. The first kappa shape index (κ1) is 22.1. The molecule has 5 rings (SSSR count). The number of sulfonamides is 1. The van der Waals surface area contributed by atoms with Crippen molar-refractivity contribution in [3.05, 3.63) is 82.0 Å². The van der Waals surface area contributed by atoms with Crippen LogP contribution in [0.1, 0.15) is 39.7 Å². The summed E-state index contributed by atoms with van der Waals surface area (Å²) in [4.78, 5) is 16.8. The second-order valence-corrected chi connectivity index (χ2v) is 11.3. The number of hydrogen-bond acceptors (Lipinski definition) is 5. The van der Waals surface area contributed by atoms with E-state index in [-0.39, 0.29) is 16.8 Å². The molecule has 3 aromatic rings. The summed E-state index contributed by atoms with van der Waals surface area (Å²) in [6.45, 7) is 2.97. The first-order valence-corrected chi connectivity index (χ1v) is 13.6. The number of fused-ring (bicyclic) bond motifs is 1. The molecule has 0 spiro atoms. The Balaban J connectivity index is 1.33. The van der Waals surface area contributed by atoms with Gasteiger partial charge in [-0.3, -0.25) is 14.0 Å². The van der Waals surface area contributed by atoms with E-state index in [0.29, 0.717) is 25.1 Å². The molecule has 0 radical (unpaired) electrons. The van der Waals surface area contributed by atoms with Gasteiger partial charge in [0.05, 0.1) is 16.6 Å². The van der Waals surface area contributed by atoms with Crippen molar-refractivity contribution in [1.29, 1.82) is 0 Å². The average molecular weight is 482 g/mol. The van der Waals surface area contributed by atoms with Gasteiger partial charge in [-0.05, 0) is 73.6 Å². The van der Waals surface area contributed by atoms with E-state index in [0.717, 1.165) is 24.3 Å². The van der Waals surface area contributed by atoms with E-state index >= 15 is 0 Å². The molecular formula is C25H27N3O3S2. The Labute approximate surface area is 198 Å². The lowest BCUT2D eigenvalue weighted by atomic mass is 10.2. The molecule has 1 N–H and O–H groups in total. The van der Waals surface area contributed by atoms with Gasteiger partial charge in [0.2, 0.25) is 0 Å². The Morgan fingerprint density at radius 2 is 1.82 bits per heavy atom. The molecule has 1 saturated heterocycles. The highest BCUT2D eigenvalue weighted by molar-refractivity contribution is 7.92. The lowest BCUT2D eigenvalue weighted by Gasteiger charge is -2.27. The molecule has 3 heterocycles. The van der Waals surface area contributed by atoms with Crippen LogP contribution in [0, 0.1) is 0 Å². The zero-order valence-electron chi connectivity index (χ0n) is 18.3. The topological polar surface area (TPSA) is 69.7 Å². The minimum absolute atomic E-state index is 0.140. The minimum Gasteiger partial charge on any atom is -0.350 e. The van der Waals surface area contributed by atoms with Crippen molar-refractivity contribution < 1.29 is 13.2 Å². The van der Waals surface area contributed by atoms with Crippen molar-refractivity contribution in [1.82, 2.24) is 10.2 Å². The third kappa shape index (κ3) is 4.43. The summed E-state index contributed by atoms with van der Waals surface area (Å²) in [6.07, 6.45) is 3.04. The van der Waals surface area contributed by atoms with Crippen molar-refractivity contribution in [3.8, 4) is 0 Å². The number of rotatable bonds is 7. The molecule has 1 amide bonds. The number of nitrogens with one attached hydrogen (secondary N) is 1. The highest BCUT2D eigenvalue weighted by atomic mass is 32.2. The molecule has 8 heteroatoms. The molecule has 2 aliphatic rings. The highest BCUT2D eigenvalue weighted by Crippen LogP contribution is 2.33.